The summed E-state index contributed by atoms with van der Waals surface area (Å²) in [5.41, 5.74) is 2.81. The Hall–Kier alpha value is -2.43. The molecule has 146 valence electrons. The molecule has 4 nitrogen and oxygen atoms in total. The van der Waals surface area contributed by atoms with Gasteiger partial charge in [0.25, 0.3) is 0 Å². The fraction of sp³-hybridized carbons (Fsp3) is 0.375. The van der Waals surface area contributed by atoms with Crippen molar-refractivity contribution in [3.8, 4) is 0 Å². The molecule has 0 aromatic heterocycles. The third-order valence-electron chi connectivity index (χ3n) is 5.59. The van der Waals surface area contributed by atoms with Gasteiger partial charge in [0.1, 0.15) is 5.76 Å². The zero-order valence-electron chi connectivity index (χ0n) is 16.2. The van der Waals surface area contributed by atoms with E-state index in [1.54, 1.807) is 12.1 Å². The number of benzene rings is 2. The molecule has 2 aromatic carbocycles. The Labute approximate surface area is 166 Å². The zero-order valence-corrected chi connectivity index (χ0v) is 16.2. The second-order valence-corrected chi connectivity index (χ2v) is 7.39. The molecule has 0 amide bonds. The van der Waals surface area contributed by atoms with Crippen LogP contribution < -0.4 is 0 Å². The van der Waals surface area contributed by atoms with Crippen molar-refractivity contribution in [1.29, 1.82) is 0 Å². The van der Waals surface area contributed by atoms with E-state index in [0.29, 0.717) is 11.6 Å². The van der Waals surface area contributed by atoms with Crippen LogP contribution in [0.4, 0.5) is 0 Å². The second kappa shape index (κ2) is 9.18. The largest absolute Gasteiger partial charge is 0.422 e. The quantitative estimate of drug-likeness (QED) is 0.580. The lowest BCUT2D eigenvalue weighted by Gasteiger charge is -2.39. The number of nitrogens with zero attached hydrogens (tertiary/aromatic N) is 1. The molecule has 0 spiro atoms. The maximum Gasteiger partial charge on any atom is 0.343 e. The van der Waals surface area contributed by atoms with Crippen LogP contribution >= 0.6 is 0 Å². The third-order valence-corrected chi connectivity index (χ3v) is 5.59. The van der Waals surface area contributed by atoms with Crippen LogP contribution in [0.25, 0.3) is 5.76 Å². The predicted octanol–water partition coefficient (Wildman–Crippen LogP) is 4.53. The van der Waals surface area contributed by atoms with Gasteiger partial charge >= 0.3 is 5.97 Å². The normalized spacial score (nSPS) is 22.5. The molecule has 0 bridgehead atoms. The molecule has 2 aliphatic rings. The van der Waals surface area contributed by atoms with Crippen LogP contribution in [0.5, 0.6) is 0 Å². The van der Waals surface area contributed by atoms with E-state index >= 15 is 0 Å². The second-order valence-electron chi connectivity index (χ2n) is 7.39. The molecule has 1 aliphatic carbocycles. The summed E-state index contributed by atoms with van der Waals surface area (Å²) >= 11 is 0. The van der Waals surface area contributed by atoms with Gasteiger partial charge in [-0.1, -0.05) is 55.0 Å². The summed E-state index contributed by atoms with van der Waals surface area (Å²) in [7, 11) is 0. The lowest BCUT2D eigenvalue weighted by atomic mass is 9.86. The monoisotopic (exact) mass is 377 g/mol. The average molecular weight is 377 g/mol. The molecule has 1 saturated carbocycles. The minimum absolute atomic E-state index is 0.293. The molecule has 2 aromatic rings. The van der Waals surface area contributed by atoms with Gasteiger partial charge in [0.15, 0.2) is 0 Å². The molecule has 1 atom stereocenters. The van der Waals surface area contributed by atoms with Crippen LogP contribution in [-0.2, 0) is 9.47 Å². The molecule has 1 aliphatic heterocycles. The Kier molecular flexibility index (Phi) is 6.20. The Morgan fingerprint density at radius 2 is 1.54 bits per heavy atom. The molecule has 0 radical (unpaired) electrons. The van der Waals surface area contributed by atoms with E-state index in [1.807, 2.05) is 48.5 Å². The molecule has 0 N–H and O–H groups in total. The van der Waals surface area contributed by atoms with Crippen molar-refractivity contribution in [2.45, 2.75) is 31.7 Å². The highest BCUT2D eigenvalue weighted by molar-refractivity contribution is 5.93. The smallest absolute Gasteiger partial charge is 0.343 e. The molecule has 1 saturated heterocycles. The minimum atomic E-state index is -0.293. The van der Waals surface area contributed by atoms with Gasteiger partial charge in [0, 0.05) is 24.7 Å². The Morgan fingerprint density at radius 3 is 2.21 bits per heavy atom. The Balaban J connectivity index is 1.71. The number of carbonyl (C=O) groups excluding carboxylic acids is 1. The van der Waals surface area contributed by atoms with Crippen molar-refractivity contribution in [2.24, 2.45) is 0 Å². The van der Waals surface area contributed by atoms with Crippen LogP contribution in [0, 0.1) is 0 Å². The number of hydrogen-bond acceptors (Lipinski definition) is 4. The summed E-state index contributed by atoms with van der Waals surface area (Å²) in [4.78, 5) is 15.4. The maximum atomic E-state index is 12.9. The van der Waals surface area contributed by atoms with Crippen LogP contribution in [0.3, 0.4) is 0 Å². The van der Waals surface area contributed by atoms with Crippen LogP contribution in [0.1, 0.15) is 41.6 Å². The first-order chi connectivity index (χ1) is 13.8. The van der Waals surface area contributed by atoms with Crippen LogP contribution in [-0.4, -0.2) is 43.2 Å². The summed E-state index contributed by atoms with van der Waals surface area (Å²) in [5.74, 6) is 0.448. The van der Waals surface area contributed by atoms with Gasteiger partial charge in [-0.05, 0) is 37.0 Å². The highest BCUT2D eigenvalue weighted by atomic mass is 16.5. The molecule has 0 unspecified atom stereocenters. The first kappa shape index (κ1) is 18.9. The molecule has 1 heterocycles. The summed E-state index contributed by atoms with van der Waals surface area (Å²) in [6.45, 7) is 3.41. The van der Waals surface area contributed by atoms with Gasteiger partial charge in [-0.25, -0.2) is 4.79 Å². The van der Waals surface area contributed by atoms with Crippen molar-refractivity contribution < 1.29 is 14.3 Å². The molecule has 4 rings (SSSR count). The number of esters is 1. The molecular weight excluding hydrogens is 350 g/mol. The van der Waals surface area contributed by atoms with Crippen LogP contribution in [0.2, 0.25) is 0 Å². The summed E-state index contributed by atoms with van der Waals surface area (Å²) in [5, 5.41) is 0. The van der Waals surface area contributed by atoms with Gasteiger partial charge in [0.05, 0.1) is 18.8 Å². The van der Waals surface area contributed by atoms with Gasteiger partial charge < -0.3 is 9.47 Å². The Morgan fingerprint density at radius 1 is 0.893 bits per heavy atom. The van der Waals surface area contributed by atoms with E-state index < -0.39 is 0 Å². The lowest BCUT2D eigenvalue weighted by molar-refractivity contribution is 0.0186. The number of ether oxygens (including phenoxy) is 2. The first-order valence-corrected chi connectivity index (χ1v) is 10.2. The van der Waals surface area contributed by atoms with Crippen molar-refractivity contribution in [2.75, 3.05) is 26.3 Å². The van der Waals surface area contributed by atoms with Gasteiger partial charge in [-0.15, -0.1) is 0 Å². The van der Waals surface area contributed by atoms with Crippen LogP contribution in [0.15, 0.2) is 66.2 Å². The van der Waals surface area contributed by atoms with E-state index in [9.17, 15) is 4.79 Å². The summed E-state index contributed by atoms with van der Waals surface area (Å²) in [6, 6.07) is 19.6. The van der Waals surface area contributed by atoms with Gasteiger partial charge in [-0.3, -0.25) is 4.90 Å². The maximum absolute atomic E-state index is 12.9. The van der Waals surface area contributed by atoms with E-state index in [2.05, 4.69) is 4.90 Å². The summed E-state index contributed by atoms with van der Waals surface area (Å²) < 4.78 is 11.6. The molecule has 28 heavy (non-hydrogen) atoms. The van der Waals surface area contributed by atoms with Gasteiger partial charge in [0.2, 0.25) is 0 Å². The first-order valence-electron chi connectivity index (χ1n) is 10.2. The standard InChI is InChI=1S/C24H27NO3/c26-24(20-11-5-2-6-12-20)28-23(19-9-3-1-4-10-19)21-13-7-8-14-22(21)25-15-17-27-18-16-25/h1-6,9-12,22H,7-8,13-18H2/t22-/m1/s1. The lowest BCUT2D eigenvalue weighted by Crippen LogP contribution is -2.45. The van der Waals surface area contributed by atoms with Crippen molar-refractivity contribution >= 4 is 11.7 Å². The highest BCUT2D eigenvalue weighted by Crippen LogP contribution is 2.35. The third kappa shape index (κ3) is 4.34. The van der Waals surface area contributed by atoms with E-state index in [1.165, 1.54) is 12.0 Å². The zero-order chi connectivity index (χ0) is 19.2. The average Bonchev–Trinajstić information content (AvgIpc) is 2.79. The number of hydrogen-bond donors (Lipinski definition) is 0. The van der Waals surface area contributed by atoms with Gasteiger partial charge in [-0.2, -0.15) is 0 Å². The molecule has 4 heteroatoms. The molecular formula is C24H27NO3. The minimum Gasteiger partial charge on any atom is -0.422 e. The fourth-order valence-electron chi connectivity index (χ4n) is 4.18. The van der Waals surface area contributed by atoms with E-state index in [0.717, 1.165) is 56.9 Å². The van der Waals surface area contributed by atoms with Crippen molar-refractivity contribution in [1.82, 2.24) is 4.90 Å². The summed E-state index contributed by atoms with van der Waals surface area (Å²) in [6.07, 6.45) is 4.42. The fourth-order valence-corrected chi connectivity index (χ4v) is 4.18. The number of rotatable bonds is 4. The SMILES string of the molecule is O=C(OC(=C1CCCC[C@H]1N1CCOCC1)c1ccccc1)c1ccccc1. The highest BCUT2D eigenvalue weighted by Gasteiger charge is 2.30. The number of carbonyl (C=O) groups is 1. The predicted molar refractivity (Wildman–Crippen MR) is 110 cm³/mol. The van der Waals surface area contributed by atoms with Crippen molar-refractivity contribution in [3.63, 3.8) is 0 Å². The number of morpholine rings is 1. The topological polar surface area (TPSA) is 38.8 Å². The molecule has 2 fully saturated rings. The van der Waals surface area contributed by atoms with Crippen molar-refractivity contribution in [3.05, 3.63) is 77.4 Å². The Bertz CT molecular complexity index is 810. The van der Waals surface area contributed by atoms with E-state index in [-0.39, 0.29) is 5.97 Å². The van der Waals surface area contributed by atoms with E-state index in [4.69, 9.17) is 9.47 Å².